The standard InChI is InChI=1S/C13H22O2/c1-12-7-2-3-8-13(12,15)9-6-11(12)5-4-10-14/h5,14-15H,2-4,6-10H2,1H3/b11-5-. The zero-order chi connectivity index (χ0) is 10.9. The SMILES string of the molecule is CC12CCCCC1(O)CC/C2=C/CCO. The van der Waals surface area contributed by atoms with E-state index >= 15 is 0 Å². The van der Waals surface area contributed by atoms with Crippen LogP contribution in [0.4, 0.5) is 0 Å². The van der Waals surface area contributed by atoms with E-state index in [0.717, 1.165) is 32.1 Å². The first-order valence-corrected chi connectivity index (χ1v) is 6.15. The smallest absolute Gasteiger partial charge is 0.0741 e. The van der Waals surface area contributed by atoms with Crippen LogP contribution in [0, 0.1) is 5.41 Å². The van der Waals surface area contributed by atoms with E-state index in [-0.39, 0.29) is 12.0 Å². The number of aliphatic hydroxyl groups is 2. The summed E-state index contributed by atoms with van der Waals surface area (Å²) in [6.45, 7) is 2.43. The number of fused-ring (bicyclic) bond motifs is 1. The van der Waals surface area contributed by atoms with Crippen molar-refractivity contribution in [2.45, 2.75) is 57.5 Å². The molecular weight excluding hydrogens is 188 g/mol. The van der Waals surface area contributed by atoms with Crippen molar-refractivity contribution in [1.82, 2.24) is 0 Å². The average Bonchev–Trinajstić information content (AvgIpc) is 2.48. The summed E-state index contributed by atoms with van der Waals surface area (Å²) >= 11 is 0. The molecule has 0 aromatic heterocycles. The fourth-order valence-corrected chi connectivity index (χ4v) is 3.45. The number of hydrogen-bond donors (Lipinski definition) is 2. The summed E-state index contributed by atoms with van der Waals surface area (Å²) in [6.07, 6.45) is 9.30. The summed E-state index contributed by atoms with van der Waals surface area (Å²) in [5, 5.41) is 19.5. The number of rotatable bonds is 2. The minimum atomic E-state index is -0.452. The van der Waals surface area contributed by atoms with Crippen LogP contribution >= 0.6 is 0 Å². The quantitative estimate of drug-likeness (QED) is 0.687. The Balaban J connectivity index is 2.24. The van der Waals surface area contributed by atoms with Crippen molar-refractivity contribution in [2.75, 3.05) is 6.61 Å². The van der Waals surface area contributed by atoms with E-state index in [0.29, 0.717) is 0 Å². The fraction of sp³-hybridized carbons (Fsp3) is 0.846. The van der Waals surface area contributed by atoms with Crippen LogP contribution in [0.1, 0.15) is 51.9 Å². The van der Waals surface area contributed by atoms with Crippen LogP contribution in [0.15, 0.2) is 11.6 Å². The van der Waals surface area contributed by atoms with Gasteiger partial charge in [0.1, 0.15) is 0 Å². The third-order valence-corrected chi connectivity index (χ3v) is 4.58. The Morgan fingerprint density at radius 3 is 2.73 bits per heavy atom. The minimum absolute atomic E-state index is 0.000417. The second kappa shape index (κ2) is 3.91. The second-order valence-corrected chi connectivity index (χ2v) is 5.31. The lowest BCUT2D eigenvalue weighted by Crippen LogP contribution is -2.45. The lowest BCUT2D eigenvalue weighted by molar-refractivity contribution is -0.0690. The molecule has 2 rings (SSSR count). The van der Waals surface area contributed by atoms with Gasteiger partial charge >= 0.3 is 0 Å². The van der Waals surface area contributed by atoms with Crippen molar-refractivity contribution in [3.8, 4) is 0 Å². The highest BCUT2D eigenvalue weighted by atomic mass is 16.3. The van der Waals surface area contributed by atoms with Crippen molar-refractivity contribution < 1.29 is 10.2 Å². The Morgan fingerprint density at radius 1 is 1.27 bits per heavy atom. The highest BCUT2D eigenvalue weighted by Gasteiger charge is 2.54. The van der Waals surface area contributed by atoms with Crippen LogP contribution in [0.25, 0.3) is 0 Å². The summed E-state index contributed by atoms with van der Waals surface area (Å²) in [7, 11) is 0. The molecule has 0 aromatic rings. The Labute approximate surface area is 92.0 Å². The molecule has 0 bridgehead atoms. The molecule has 2 aliphatic carbocycles. The van der Waals surface area contributed by atoms with Gasteiger partial charge in [0, 0.05) is 12.0 Å². The molecule has 0 aromatic carbocycles. The Hall–Kier alpha value is -0.340. The van der Waals surface area contributed by atoms with Crippen LogP contribution in [0.3, 0.4) is 0 Å². The van der Waals surface area contributed by atoms with Gasteiger partial charge in [0.25, 0.3) is 0 Å². The third kappa shape index (κ3) is 1.64. The topological polar surface area (TPSA) is 40.5 Å². The molecule has 86 valence electrons. The first kappa shape index (κ1) is 11.2. The molecule has 0 spiro atoms. The van der Waals surface area contributed by atoms with Gasteiger partial charge in [-0.1, -0.05) is 31.4 Å². The second-order valence-electron chi connectivity index (χ2n) is 5.31. The summed E-state index contributed by atoms with van der Waals surface area (Å²) in [5.41, 5.74) is 0.936. The minimum Gasteiger partial charge on any atom is -0.396 e. The molecule has 0 saturated heterocycles. The first-order chi connectivity index (χ1) is 7.12. The van der Waals surface area contributed by atoms with E-state index in [1.165, 1.54) is 18.4 Å². The molecule has 15 heavy (non-hydrogen) atoms. The molecule has 2 nitrogen and oxygen atoms in total. The maximum Gasteiger partial charge on any atom is 0.0741 e. The number of aliphatic hydroxyl groups excluding tert-OH is 1. The van der Waals surface area contributed by atoms with Crippen LogP contribution in [0.5, 0.6) is 0 Å². The number of hydrogen-bond acceptors (Lipinski definition) is 2. The summed E-state index contributed by atoms with van der Waals surface area (Å²) in [5.74, 6) is 0. The van der Waals surface area contributed by atoms with Gasteiger partial charge < -0.3 is 10.2 Å². The van der Waals surface area contributed by atoms with E-state index in [4.69, 9.17) is 5.11 Å². The normalized spacial score (nSPS) is 43.3. The van der Waals surface area contributed by atoms with Gasteiger partial charge in [-0.15, -0.1) is 0 Å². The van der Waals surface area contributed by atoms with Crippen molar-refractivity contribution >= 4 is 0 Å². The highest BCUT2D eigenvalue weighted by Crippen LogP contribution is 2.57. The van der Waals surface area contributed by atoms with Gasteiger partial charge in [-0.2, -0.15) is 0 Å². The maximum absolute atomic E-state index is 10.6. The molecule has 2 N–H and O–H groups in total. The van der Waals surface area contributed by atoms with E-state index in [2.05, 4.69) is 13.0 Å². The highest BCUT2D eigenvalue weighted by molar-refractivity contribution is 5.27. The van der Waals surface area contributed by atoms with Crippen LogP contribution < -0.4 is 0 Å². The zero-order valence-corrected chi connectivity index (χ0v) is 9.63. The van der Waals surface area contributed by atoms with Crippen molar-refractivity contribution in [3.05, 3.63) is 11.6 Å². The van der Waals surface area contributed by atoms with E-state index in [9.17, 15) is 5.11 Å². The van der Waals surface area contributed by atoms with E-state index in [1.807, 2.05) is 0 Å². The van der Waals surface area contributed by atoms with Gasteiger partial charge in [-0.25, -0.2) is 0 Å². The van der Waals surface area contributed by atoms with Crippen LogP contribution in [-0.2, 0) is 0 Å². The van der Waals surface area contributed by atoms with Crippen molar-refractivity contribution in [3.63, 3.8) is 0 Å². The summed E-state index contributed by atoms with van der Waals surface area (Å²) in [4.78, 5) is 0. The monoisotopic (exact) mass is 210 g/mol. The van der Waals surface area contributed by atoms with Gasteiger partial charge in [0.2, 0.25) is 0 Å². The molecule has 2 atom stereocenters. The lowest BCUT2D eigenvalue weighted by atomic mass is 9.64. The summed E-state index contributed by atoms with van der Waals surface area (Å²) in [6, 6.07) is 0. The van der Waals surface area contributed by atoms with E-state index < -0.39 is 5.60 Å². The fourth-order valence-electron chi connectivity index (χ4n) is 3.45. The molecular formula is C13H22O2. The van der Waals surface area contributed by atoms with Crippen LogP contribution in [0.2, 0.25) is 0 Å². The molecule has 2 heteroatoms. The molecule has 2 aliphatic rings. The zero-order valence-electron chi connectivity index (χ0n) is 9.63. The predicted molar refractivity (Wildman–Crippen MR) is 60.5 cm³/mol. The van der Waals surface area contributed by atoms with Gasteiger partial charge in [0.05, 0.1) is 5.60 Å². The Bertz CT molecular complexity index is 272. The van der Waals surface area contributed by atoms with E-state index in [1.54, 1.807) is 0 Å². The Morgan fingerprint density at radius 2 is 2.00 bits per heavy atom. The average molecular weight is 210 g/mol. The molecule has 2 unspecified atom stereocenters. The van der Waals surface area contributed by atoms with Gasteiger partial charge in [0.15, 0.2) is 0 Å². The molecule has 0 aliphatic heterocycles. The molecule has 0 heterocycles. The maximum atomic E-state index is 10.6. The molecule has 2 fully saturated rings. The van der Waals surface area contributed by atoms with Crippen LogP contribution in [-0.4, -0.2) is 22.4 Å². The largest absolute Gasteiger partial charge is 0.396 e. The van der Waals surface area contributed by atoms with Crippen molar-refractivity contribution in [1.29, 1.82) is 0 Å². The lowest BCUT2D eigenvalue weighted by Gasteiger charge is -2.44. The summed E-state index contributed by atoms with van der Waals surface area (Å²) < 4.78 is 0. The predicted octanol–water partition coefficient (Wildman–Crippen LogP) is 2.40. The first-order valence-electron chi connectivity index (χ1n) is 6.15. The van der Waals surface area contributed by atoms with Gasteiger partial charge in [-0.05, 0) is 32.1 Å². The Kier molecular flexibility index (Phi) is 2.91. The van der Waals surface area contributed by atoms with Crippen molar-refractivity contribution in [2.24, 2.45) is 5.41 Å². The third-order valence-electron chi connectivity index (χ3n) is 4.58. The molecule has 0 radical (unpaired) electrons. The molecule has 0 amide bonds. The van der Waals surface area contributed by atoms with Gasteiger partial charge in [-0.3, -0.25) is 0 Å². The molecule has 2 saturated carbocycles.